The monoisotopic (exact) mass is 461 g/mol. The van der Waals surface area contributed by atoms with Gasteiger partial charge in [0.25, 0.3) is 5.91 Å². The van der Waals surface area contributed by atoms with Crippen LogP contribution in [0.15, 0.2) is 36.4 Å². The number of rotatable bonds is 4. The molecule has 2 aromatic rings. The molecule has 0 saturated carbocycles. The molecule has 0 spiro atoms. The number of piperazine rings is 1. The summed E-state index contributed by atoms with van der Waals surface area (Å²) < 4.78 is 15.0. The topological polar surface area (TPSA) is 96.8 Å². The SMILES string of the molecule is N#Cc1cccc(CN2CCN(c3cc4c(cc3F)C(=O)N(C3CCC(=O)NC3=O)C4)CC2)c1. The van der Waals surface area contributed by atoms with Crippen LogP contribution in [0.5, 0.6) is 0 Å². The Balaban J connectivity index is 1.26. The number of anilines is 1. The van der Waals surface area contributed by atoms with Gasteiger partial charge < -0.3 is 9.80 Å². The number of piperidine rings is 1. The summed E-state index contributed by atoms with van der Waals surface area (Å²) in [7, 11) is 0. The summed E-state index contributed by atoms with van der Waals surface area (Å²) in [4.78, 5) is 42.3. The van der Waals surface area contributed by atoms with E-state index in [9.17, 15) is 14.4 Å². The maximum atomic E-state index is 15.0. The van der Waals surface area contributed by atoms with Gasteiger partial charge in [-0.25, -0.2) is 4.39 Å². The van der Waals surface area contributed by atoms with Crippen LogP contribution in [0.1, 0.15) is 39.9 Å². The van der Waals surface area contributed by atoms with Gasteiger partial charge >= 0.3 is 0 Å². The lowest BCUT2D eigenvalue weighted by molar-refractivity contribution is -0.136. The molecule has 0 radical (unpaired) electrons. The second-order valence-corrected chi connectivity index (χ2v) is 8.94. The first kappa shape index (κ1) is 22.0. The number of nitrogens with one attached hydrogen (secondary N) is 1. The molecule has 0 bridgehead atoms. The number of nitriles is 1. The van der Waals surface area contributed by atoms with Gasteiger partial charge in [-0.15, -0.1) is 0 Å². The number of nitrogens with zero attached hydrogens (tertiary/aromatic N) is 4. The summed E-state index contributed by atoms with van der Waals surface area (Å²) >= 11 is 0. The Morgan fingerprint density at radius 1 is 1.09 bits per heavy atom. The van der Waals surface area contributed by atoms with Crippen LogP contribution in [-0.4, -0.2) is 59.7 Å². The van der Waals surface area contributed by atoms with E-state index in [0.29, 0.717) is 29.9 Å². The van der Waals surface area contributed by atoms with E-state index in [2.05, 4.69) is 16.3 Å². The van der Waals surface area contributed by atoms with E-state index in [0.717, 1.165) is 25.2 Å². The van der Waals surface area contributed by atoms with Gasteiger partial charge in [-0.05, 0) is 41.8 Å². The molecule has 1 unspecified atom stereocenters. The minimum atomic E-state index is -0.716. The summed E-state index contributed by atoms with van der Waals surface area (Å²) in [5.74, 6) is -1.64. The lowest BCUT2D eigenvalue weighted by atomic mass is 10.0. The number of halogens is 1. The molecule has 2 fully saturated rings. The molecule has 5 rings (SSSR count). The first-order valence-corrected chi connectivity index (χ1v) is 11.4. The second kappa shape index (κ2) is 8.88. The number of hydrogen-bond donors (Lipinski definition) is 1. The van der Waals surface area contributed by atoms with Gasteiger partial charge in [0.2, 0.25) is 11.8 Å². The van der Waals surface area contributed by atoms with E-state index < -0.39 is 17.8 Å². The highest BCUT2D eigenvalue weighted by Gasteiger charge is 2.39. The Hall–Kier alpha value is -3.77. The summed E-state index contributed by atoms with van der Waals surface area (Å²) in [6, 6.07) is 12.0. The molecule has 3 amide bonds. The van der Waals surface area contributed by atoms with Gasteiger partial charge in [-0.2, -0.15) is 5.26 Å². The molecule has 34 heavy (non-hydrogen) atoms. The first-order chi connectivity index (χ1) is 16.4. The van der Waals surface area contributed by atoms with Crippen LogP contribution in [0.3, 0.4) is 0 Å². The fraction of sp³-hybridized carbons (Fsp3) is 0.360. The Morgan fingerprint density at radius 2 is 1.88 bits per heavy atom. The molecular weight excluding hydrogens is 437 g/mol. The quantitative estimate of drug-likeness (QED) is 0.698. The van der Waals surface area contributed by atoms with E-state index >= 15 is 4.39 Å². The smallest absolute Gasteiger partial charge is 0.255 e. The number of imide groups is 1. The van der Waals surface area contributed by atoms with Gasteiger partial charge in [-0.1, -0.05) is 12.1 Å². The minimum absolute atomic E-state index is 0.182. The summed E-state index contributed by atoms with van der Waals surface area (Å²) in [6.45, 7) is 3.72. The fourth-order valence-electron chi connectivity index (χ4n) is 4.96. The lowest BCUT2D eigenvalue weighted by Gasteiger charge is -2.36. The van der Waals surface area contributed by atoms with Crippen molar-refractivity contribution in [2.75, 3.05) is 31.1 Å². The average molecular weight is 461 g/mol. The van der Waals surface area contributed by atoms with Crippen molar-refractivity contribution in [1.29, 1.82) is 5.26 Å². The zero-order valence-electron chi connectivity index (χ0n) is 18.6. The van der Waals surface area contributed by atoms with Crippen molar-refractivity contribution >= 4 is 23.4 Å². The van der Waals surface area contributed by atoms with Crippen LogP contribution in [0.2, 0.25) is 0 Å². The molecule has 174 valence electrons. The molecule has 0 aromatic heterocycles. The Labute approximate surface area is 196 Å². The Kier molecular flexibility index (Phi) is 5.75. The molecule has 3 aliphatic heterocycles. The molecule has 1 N–H and O–H groups in total. The van der Waals surface area contributed by atoms with Crippen molar-refractivity contribution < 1.29 is 18.8 Å². The predicted molar refractivity (Wildman–Crippen MR) is 121 cm³/mol. The van der Waals surface area contributed by atoms with Crippen molar-refractivity contribution in [3.8, 4) is 6.07 Å². The first-order valence-electron chi connectivity index (χ1n) is 11.4. The largest absolute Gasteiger partial charge is 0.367 e. The third-order valence-corrected chi connectivity index (χ3v) is 6.77. The highest BCUT2D eigenvalue weighted by Crippen LogP contribution is 2.33. The summed E-state index contributed by atoms with van der Waals surface area (Å²) in [5.41, 5.74) is 3.15. The number of fused-ring (bicyclic) bond motifs is 1. The van der Waals surface area contributed by atoms with Crippen molar-refractivity contribution in [3.63, 3.8) is 0 Å². The summed E-state index contributed by atoms with van der Waals surface area (Å²) in [5, 5.41) is 11.4. The maximum absolute atomic E-state index is 15.0. The van der Waals surface area contributed by atoms with Crippen LogP contribution < -0.4 is 10.2 Å². The zero-order chi connectivity index (χ0) is 23.8. The standard InChI is InChI=1S/C25H24FN5O3/c26-20-12-19-18(15-31(25(19)34)21-4-5-23(32)28-24(21)33)11-22(20)30-8-6-29(7-9-30)14-17-3-1-2-16(10-17)13-27/h1-3,10-12,21H,4-9,14-15H2,(H,28,32,33). The molecule has 3 heterocycles. The third-order valence-electron chi connectivity index (χ3n) is 6.77. The number of benzene rings is 2. The summed E-state index contributed by atoms with van der Waals surface area (Å²) in [6.07, 6.45) is 0.459. The highest BCUT2D eigenvalue weighted by molar-refractivity contribution is 6.05. The van der Waals surface area contributed by atoms with Crippen LogP contribution in [-0.2, 0) is 22.7 Å². The zero-order valence-corrected chi connectivity index (χ0v) is 18.6. The third kappa shape index (κ3) is 4.13. The molecule has 8 nitrogen and oxygen atoms in total. The lowest BCUT2D eigenvalue weighted by Crippen LogP contribution is -2.52. The second-order valence-electron chi connectivity index (χ2n) is 8.94. The molecule has 0 aliphatic carbocycles. The Morgan fingerprint density at radius 3 is 2.62 bits per heavy atom. The van der Waals surface area contributed by atoms with Crippen LogP contribution in [0.4, 0.5) is 10.1 Å². The highest BCUT2D eigenvalue weighted by atomic mass is 19.1. The van der Waals surface area contributed by atoms with Crippen molar-refractivity contribution in [2.45, 2.75) is 32.0 Å². The molecule has 9 heteroatoms. The minimum Gasteiger partial charge on any atom is -0.367 e. The Bertz CT molecular complexity index is 1220. The molecule has 1 atom stereocenters. The van der Waals surface area contributed by atoms with Crippen molar-refractivity contribution in [2.24, 2.45) is 0 Å². The number of carbonyl (C=O) groups excluding carboxylic acids is 3. The van der Waals surface area contributed by atoms with E-state index in [4.69, 9.17) is 5.26 Å². The van der Waals surface area contributed by atoms with E-state index in [1.807, 2.05) is 23.1 Å². The number of amides is 3. The van der Waals surface area contributed by atoms with Crippen LogP contribution >= 0.6 is 0 Å². The van der Waals surface area contributed by atoms with E-state index in [1.165, 1.54) is 11.0 Å². The molecule has 3 aliphatic rings. The van der Waals surface area contributed by atoms with Gasteiger partial charge in [0.05, 0.1) is 17.3 Å². The van der Waals surface area contributed by atoms with Crippen LogP contribution in [0, 0.1) is 17.1 Å². The maximum Gasteiger partial charge on any atom is 0.255 e. The van der Waals surface area contributed by atoms with Gasteiger partial charge in [0.1, 0.15) is 11.9 Å². The van der Waals surface area contributed by atoms with Gasteiger partial charge in [-0.3, -0.25) is 24.6 Å². The van der Waals surface area contributed by atoms with E-state index in [-0.39, 0.29) is 36.8 Å². The predicted octanol–water partition coefficient (Wildman–Crippen LogP) is 1.78. The van der Waals surface area contributed by atoms with E-state index in [1.54, 1.807) is 12.1 Å². The van der Waals surface area contributed by atoms with Crippen molar-refractivity contribution in [3.05, 3.63) is 64.5 Å². The molecule has 2 aromatic carbocycles. The van der Waals surface area contributed by atoms with Gasteiger partial charge in [0, 0.05) is 51.3 Å². The normalized spacial score (nSPS) is 20.8. The molecule has 2 saturated heterocycles. The van der Waals surface area contributed by atoms with Crippen molar-refractivity contribution in [1.82, 2.24) is 15.1 Å². The number of hydrogen-bond acceptors (Lipinski definition) is 6. The fourth-order valence-corrected chi connectivity index (χ4v) is 4.96. The van der Waals surface area contributed by atoms with Gasteiger partial charge in [0.15, 0.2) is 0 Å². The average Bonchev–Trinajstić information content (AvgIpc) is 3.14. The molecular formula is C25H24FN5O3. The van der Waals surface area contributed by atoms with Crippen LogP contribution in [0.25, 0.3) is 0 Å². The number of carbonyl (C=O) groups is 3.